The molecule has 0 fully saturated rings. The molecule has 0 heterocycles. The molecule has 0 aliphatic heterocycles. The first kappa shape index (κ1) is 19.8. The Hall–Kier alpha value is -2.52. The van der Waals surface area contributed by atoms with Crippen LogP contribution in [0.3, 0.4) is 0 Å². The number of carbonyl (C=O) groups is 1. The Morgan fingerprint density at radius 3 is 2.46 bits per heavy atom. The molecule has 0 aliphatic carbocycles. The lowest BCUT2D eigenvalue weighted by Crippen LogP contribution is -2.24. The van der Waals surface area contributed by atoms with E-state index in [4.69, 9.17) is 4.74 Å². The summed E-state index contributed by atoms with van der Waals surface area (Å²) in [7, 11) is -3.88. The van der Waals surface area contributed by atoms with Gasteiger partial charge in [0.15, 0.2) is 0 Å². The Balaban J connectivity index is 2.38. The number of nitrogens with one attached hydrogen (secondary N) is 2. The van der Waals surface area contributed by atoms with Crippen LogP contribution in [0, 0.1) is 11.6 Å². The van der Waals surface area contributed by atoms with E-state index >= 15 is 0 Å². The van der Waals surface area contributed by atoms with Gasteiger partial charge < -0.3 is 10.1 Å². The number of hydrogen-bond donors (Lipinski definition) is 2. The van der Waals surface area contributed by atoms with Crippen molar-refractivity contribution in [3.63, 3.8) is 0 Å². The molecule has 0 bridgehead atoms. The summed E-state index contributed by atoms with van der Waals surface area (Å²) in [6, 6.07) is 6.55. The number of sulfonamides is 1. The van der Waals surface area contributed by atoms with Gasteiger partial charge in [0, 0.05) is 18.2 Å². The molecule has 6 nitrogen and oxygen atoms in total. The van der Waals surface area contributed by atoms with Crippen LogP contribution < -0.4 is 14.8 Å². The second-order valence-electron chi connectivity index (χ2n) is 5.17. The molecule has 2 rings (SSSR count). The number of benzene rings is 2. The molecule has 9 heteroatoms. The summed E-state index contributed by atoms with van der Waals surface area (Å²) >= 11 is 0. The maximum atomic E-state index is 13.7. The maximum absolute atomic E-state index is 13.7. The fourth-order valence-corrected chi connectivity index (χ4v) is 3.40. The van der Waals surface area contributed by atoms with Gasteiger partial charge >= 0.3 is 0 Å². The van der Waals surface area contributed by atoms with Gasteiger partial charge in [-0.2, -0.15) is 0 Å². The van der Waals surface area contributed by atoms with Gasteiger partial charge in [-0.05, 0) is 37.3 Å². The van der Waals surface area contributed by atoms with Crippen molar-refractivity contribution >= 4 is 21.6 Å². The van der Waals surface area contributed by atoms with E-state index in [2.05, 4.69) is 10.0 Å². The average Bonchev–Trinajstić information content (AvgIpc) is 2.57. The highest BCUT2D eigenvalue weighted by Gasteiger charge is 2.21. The molecule has 26 heavy (non-hydrogen) atoms. The highest BCUT2D eigenvalue weighted by molar-refractivity contribution is 7.89. The van der Waals surface area contributed by atoms with Gasteiger partial charge in [-0.3, -0.25) is 4.79 Å². The lowest BCUT2D eigenvalue weighted by molar-refractivity contribution is 0.102. The van der Waals surface area contributed by atoms with Gasteiger partial charge in [0.2, 0.25) is 10.0 Å². The van der Waals surface area contributed by atoms with E-state index in [9.17, 15) is 22.0 Å². The van der Waals surface area contributed by atoms with Crippen molar-refractivity contribution in [2.45, 2.75) is 18.7 Å². The molecule has 0 spiro atoms. The number of carbonyl (C=O) groups excluding carboxylic acids is 1. The van der Waals surface area contributed by atoms with Gasteiger partial charge in [0.05, 0.1) is 12.3 Å². The van der Waals surface area contributed by atoms with Crippen LogP contribution in [-0.4, -0.2) is 27.5 Å². The standard InChI is InChI=1S/C17H18F2N2O4S/c1-3-20-26(23,24)16-9-11(5-8-15(16)25-4-2)17(22)21-14-7-6-12(18)10-13(14)19/h5-10,20H,3-4H2,1-2H3,(H,21,22). The summed E-state index contributed by atoms with van der Waals surface area (Å²) in [4.78, 5) is 12.1. The maximum Gasteiger partial charge on any atom is 0.255 e. The van der Waals surface area contributed by atoms with Crippen LogP contribution in [0.15, 0.2) is 41.3 Å². The van der Waals surface area contributed by atoms with Crippen LogP contribution in [0.1, 0.15) is 24.2 Å². The van der Waals surface area contributed by atoms with Crippen molar-refractivity contribution in [3.8, 4) is 5.75 Å². The number of amides is 1. The predicted molar refractivity (Wildman–Crippen MR) is 92.8 cm³/mol. The first-order chi connectivity index (χ1) is 12.3. The van der Waals surface area contributed by atoms with Crippen molar-refractivity contribution in [3.05, 3.63) is 53.6 Å². The lowest BCUT2D eigenvalue weighted by Gasteiger charge is -2.13. The number of hydrogen-bond acceptors (Lipinski definition) is 4. The minimum Gasteiger partial charge on any atom is -0.492 e. The Kier molecular flexibility index (Phi) is 6.27. The molecule has 0 radical (unpaired) electrons. The molecule has 0 atom stereocenters. The minimum atomic E-state index is -3.88. The Labute approximate surface area is 150 Å². The molecule has 1 amide bonds. The Bertz CT molecular complexity index is 917. The second-order valence-corrected chi connectivity index (χ2v) is 6.91. The third-order valence-electron chi connectivity index (χ3n) is 3.31. The molecule has 2 aromatic carbocycles. The molecular formula is C17H18F2N2O4S. The quantitative estimate of drug-likeness (QED) is 0.769. The minimum absolute atomic E-state index is 0.0198. The van der Waals surface area contributed by atoms with E-state index in [-0.39, 0.29) is 35.0 Å². The fourth-order valence-electron chi connectivity index (χ4n) is 2.19. The molecular weight excluding hydrogens is 366 g/mol. The SMILES string of the molecule is CCNS(=O)(=O)c1cc(C(=O)Nc2ccc(F)cc2F)ccc1OCC. The summed E-state index contributed by atoms with van der Waals surface area (Å²) in [5.74, 6) is -2.37. The topological polar surface area (TPSA) is 84.5 Å². The Morgan fingerprint density at radius 2 is 1.85 bits per heavy atom. The number of rotatable bonds is 7. The second kappa shape index (κ2) is 8.24. The number of halogens is 2. The first-order valence-electron chi connectivity index (χ1n) is 7.81. The van der Waals surface area contributed by atoms with E-state index in [1.54, 1.807) is 13.8 Å². The van der Waals surface area contributed by atoms with Crippen LogP contribution in [0.25, 0.3) is 0 Å². The Morgan fingerprint density at radius 1 is 1.12 bits per heavy atom. The van der Waals surface area contributed by atoms with Crippen LogP contribution in [-0.2, 0) is 10.0 Å². The monoisotopic (exact) mass is 384 g/mol. The average molecular weight is 384 g/mol. The summed E-state index contributed by atoms with van der Waals surface area (Å²) in [6.45, 7) is 3.71. The van der Waals surface area contributed by atoms with Crippen LogP contribution in [0.2, 0.25) is 0 Å². The third kappa shape index (κ3) is 4.55. The number of anilines is 1. The van der Waals surface area contributed by atoms with Crippen molar-refractivity contribution in [1.82, 2.24) is 4.72 Å². The van der Waals surface area contributed by atoms with Crippen LogP contribution in [0.5, 0.6) is 5.75 Å². The van der Waals surface area contributed by atoms with Gasteiger partial charge in [-0.25, -0.2) is 21.9 Å². The molecule has 0 aliphatic rings. The van der Waals surface area contributed by atoms with Gasteiger partial charge in [0.25, 0.3) is 5.91 Å². The van der Waals surface area contributed by atoms with E-state index in [1.807, 2.05) is 0 Å². The highest BCUT2D eigenvalue weighted by atomic mass is 32.2. The van der Waals surface area contributed by atoms with Crippen LogP contribution in [0.4, 0.5) is 14.5 Å². The molecule has 140 valence electrons. The molecule has 0 saturated carbocycles. The van der Waals surface area contributed by atoms with Gasteiger partial charge in [0.1, 0.15) is 22.3 Å². The molecule has 0 unspecified atom stereocenters. The van der Waals surface area contributed by atoms with Crippen LogP contribution >= 0.6 is 0 Å². The summed E-state index contributed by atoms with van der Waals surface area (Å²) in [5.41, 5.74) is -0.241. The number of ether oxygens (including phenoxy) is 1. The third-order valence-corrected chi connectivity index (χ3v) is 4.88. The predicted octanol–water partition coefficient (Wildman–Crippen LogP) is 2.91. The summed E-state index contributed by atoms with van der Waals surface area (Å²) in [5, 5.41) is 2.28. The van der Waals surface area contributed by atoms with E-state index in [0.717, 1.165) is 18.2 Å². The van der Waals surface area contributed by atoms with Crippen molar-refractivity contribution in [1.29, 1.82) is 0 Å². The van der Waals surface area contributed by atoms with E-state index in [1.165, 1.54) is 12.1 Å². The molecule has 0 saturated heterocycles. The zero-order valence-electron chi connectivity index (χ0n) is 14.2. The molecule has 2 aromatic rings. The molecule has 2 N–H and O–H groups in total. The largest absolute Gasteiger partial charge is 0.492 e. The highest BCUT2D eigenvalue weighted by Crippen LogP contribution is 2.26. The normalized spacial score (nSPS) is 11.2. The first-order valence-corrected chi connectivity index (χ1v) is 9.29. The summed E-state index contributed by atoms with van der Waals surface area (Å²) in [6.07, 6.45) is 0. The summed E-state index contributed by atoms with van der Waals surface area (Å²) < 4.78 is 58.9. The fraction of sp³-hybridized carbons (Fsp3) is 0.235. The van der Waals surface area contributed by atoms with Crippen molar-refractivity contribution < 1.29 is 26.7 Å². The van der Waals surface area contributed by atoms with E-state index in [0.29, 0.717) is 6.07 Å². The smallest absolute Gasteiger partial charge is 0.255 e. The zero-order valence-corrected chi connectivity index (χ0v) is 15.0. The van der Waals surface area contributed by atoms with Crippen molar-refractivity contribution in [2.75, 3.05) is 18.5 Å². The van der Waals surface area contributed by atoms with Gasteiger partial charge in [-0.1, -0.05) is 6.92 Å². The van der Waals surface area contributed by atoms with E-state index < -0.39 is 27.6 Å². The lowest BCUT2D eigenvalue weighted by atomic mass is 10.2. The molecule has 0 aromatic heterocycles. The zero-order chi connectivity index (χ0) is 19.3. The van der Waals surface area contributed by atoms with Crippen molar-refractivity contribution in [2.24, 2.45) is 0 Å². The van der Waals surface area contributed by atoms with Gasteiger partial charge in [-0.15, -0.1) is 0 Å².